The summed E-state index contributed by atoms with van der Waals surface area (Å²) < 4.78 is 0. The molecule has 10 heavy (non-hydrogen) atoms. The summed E-state index contributed by atoms with van der Waals surface area (Å²) in [5.74, 6) is 0. The molecule has 0 aromatic heterocycles. The van der Waals surface area contributed by atoms with Crippen LogP contribution in [-0.2, 0) is 9.78 Å². The second kappa shape index (κ2) is 2.19. The highest BCUT2D eigenvalue weighted by atomic mass is 17.2. The van der Waals surface area contributed by atoms with Crippen LogP contribution in [0.2, 0.25) is 0 Å². The number of rotatable bonds is 1. The van der Waals surface area contributed by atoms with E-state index < -0.39 is 11.2 Å². The van der Waals surface area contributed by atoms with E-state index in [1.807, 2.05) is 6.92 Å². The normalized spacial score (nSPS) is 34.8. The van der Waals surface area contributed by atoms with E-state index in [1.165, 1.54) is 0 Å². The Morgan fingerprint density at radius 1 is 1.50 bits per heavy atom. The zero-order chi connectivity index (χ0) is 7.83. The first-order valence-electron chi connectivity index (χ1n) is 3.49. The fourth-order valence-electron chi connectivity index (χ4n) is 0.858. The Kier molecular flexibility index (Phi) is 1.75. The summed E-state index contributed by atoms with van der Waals surface area (Å²) in [5.41, 5.74) is -1.36. The van der Waals surface area contributed by atoms with Crippen molar-refractivity contribution in [2.75, 3.05) is 6.61 Å². The lowest BCUT2D eigenvalue weighted by atomic mass is 9.86. The molecule has 0 radical (unpaired) electrons. The summed E-state index contributed by atoms with van der Waals surface area (Å²) in [6, 6.07) is 0. The molecular formula is C7H14O3. The van der Waals surface area contributed by atoms with Gasteiger partial charge in [-0.15, -0.1) is 0 Å². The van der Waals surface area contributed by atoms with Crippen LogP contribution in [0.3, 0.4) is 0 Å². The molecule has 1 atom stereocenters. The molecule has 3 heteroatoms. The van der Waals surface area contributed by atoms with Crippen molar-refractivity contribution in [3.8, 4) is 0 Å². The van der Waals surface area contributed by atoms with Gasteiger partial charge in [-0.1, -0.05) is 0 Å². The van der Waals surface area contributed by atoms with E-state index in [-0.39, 0.29) is 0 Å². The van der Waals surface area contributed by atoms with Gasteiger partial charge in [0.2, 0.25) is 0 Å². The maximum absolute atomic E-state index is 9.57. The molecule has 0 saturated carbocycles. The van der Waals surface area contributed by atoms with Gasteiger partial charge in [-0.3, -0.25) is 0 Å². The van der Waals surface area contributed by atoms with E-state index in [9.17, 15) is 5.11 Å². The third-order valence-electron chi connectivity index (χ3n) is 2.20. The molecule has 0 bridgehead atoms. The van der Waals surface area contributed by atoms with Gasteiger partial charge in [-0.05, 0) is 20.8 Å². The van der Waals surface area contributed by atoms with Gasteiger partial charge in [-0.25, -0.2) is 9.78 Å². The molecule has 0 aromatic carbocycles. The predicted octanol–water partition coefficient (Wildman–Crippen LogP) is 0.868. The van der Waals surface area contributed by atoms with Crippen molar-refractivity contribution in [1.82, 2.24) is 0 Å². The fourth-order valence-corrected chi connectivity index (χ4v) is 0.858. The van der Waals surface area contributed by atoms with Crippen molar-refractivity contribution in [1.29, 1.82) is 0 Å². The van der Waals surface area contributed by atoms with E-state index in [0.29, 0.717) is 6.61 Å². The zero-order valence-electron chi connectivity index (χ0n) is 6.68. The lowest BCUT2D eigenvalue weighted by molar-refractivity contribution is -0.334. The summed E-state index contributed by atoms with van der Waals surface area (Å²) in [6.07, 6.45) is 0.747. The zero-order valence-corrected chi connectivity index (χ0v) is 6.68. The molecule has 1 rings (SSSR count). The monoisotopic (exact) mass is 146 g/mol. The Balaban J connectivity index is 2.67. The summed E-state index contributed by atoms with van der Waals surface area (Å²) in [5, 5.41) is 9.57. The van der Waals surface area contributed by atoms with Gasteiger partial charge in [-0.2, -0.15) is 0 Å². The minimum Gasteiger partial charge on any atom is -0.387 e. The largest absolute Gasteiger partial charge is 0.387 e. The van der Waals surface area contributed by atoms with Crippen LogP contribution >= 0.6 is 0 Å². The van der Waals surface area contributed by atoms with Crippen LogP contribution in [0.5, 0.6) is 0 Å². The molecule has 1 saturated heterocycles. The Hall–Kier alpha value is -0.120. The van der Waals surface area contributed by atoms with Gasteiger partial charge in [0.15, 0.2) is 0 Å². The van der Waals surface area contributed by atoms with Crippen molar-refractivity contribution >= 4 is 0 Å². The van der Waals surface area contributed by atoms with E-state index >= 15 is 0 Å². The Bertz CT molecular complexity index is 119. The van der Waals surface area contributed by atoms with Gasteiger partial charge >= 0.3 is 0 Å². The van der Waals surface area contributed by atoms with Gasteiger partial charge in [0, 0.05) is 6.42 Å². The molecule has 0 amide bonds. The quantitative estimate of drug-likeness (QED) is 0.558. The van der Waals surface area contributed by atoms with Crippen LogP contribution in [0.1, 0.15) is 27.2 Å². The molecule has 1 N–H and O–H groups in total. The van der Waals surface area contributed by atoms with Crippen molar-refractivity contribution in [2.24, 2.45) is 0 Å². The molecule has 1 fully saturated rings. The molecule has 1 heterocycles. The lowest BCUT2D eigenvalue weighted by Crippen LogP contribution is -2.46. The number of hydrogen-bond acceptors (Lipinski definition) is 3. The molecular weight excluding hydrogens is 132 g/mol. The summed E-state index contributed by atoms with van der Waals surface area (Å²) in [6.45, 7) is 5.86. The third-order valence-corrected chi connectivity index (χ3v) is 2.20. The van der Waals surface area contributed by atoms with Crippen LogP contribution < -0.4 is 0 Å². The van der Waals surface area contributed by atoms with E-state index in [2.05, 4.69) is 0 Å². The molecule has 60 valence electrons. The van der Waals surface area contributed by atoms with Crippen molar-refractivity contribution < 1.29 is 14.9 Å². The van der Waals surface area contributed by atoms with Gasteiger partial charge in [0.1, 0.15) is 5.60 Å². The van der Waals surface area contributed by atoms with Crippen LogP contribution in [0.4, 0.5) is 0 Å². The van der Waals surface area contributed by atoms with E-state index in [4.69, 9.17) is 9.78 Å². The van der Waals surface area contributed by atoms with E-state index in [1.54, 1.807) is 13.8 Å². The number of aliphatic hydroxyl groups is 1. The predicted molar refractivity (Wildman–Crippen MR) is 36.4 cm³/mol. The standard InChI is InChI=1S/C7H14O3/c1-6(2,8)7(3)4-5-9-10-7/h8H,4-5H2,1-3H3. The molecule has 0 spiro atoms. The summed E-state index contributed by atoms with van der Waals surface area (Å²) in [7, 11) is 0. The average molecular weight is 146 g/mol. The first-order chi connectivity index (χ1) is 4.46. The van der Waals surface area contributed by atoms with Crippen LogP contribution in [0.25, 0.3) is 0 Å². The average Bonchev–Trinajstić information content (AvgIpc) is 2.13. The van der Waals surface area contributed by atoms with Crippen LogP contribution in [-0.4, -0.2) is 22.9 Å². The Morgan fingerprint density at radius 2 is 2.10 bits per heavy atom. The fraction of sp³-hybridized carbons (Fsp3) is 1.00. The molecule has 0 aromatic rings. The summed E-state index contributed by atoms with van der Waals surface area (Å²) >= 11 is 0. The molecule has 0 aliphatic carbocycles. The first kappa shape index (κ1) is 7.98. The van der Waals surface area contributed by atoms with Gasteiger partial charge in [0.05, 0.1) is 12.2 Å². The lowest BCUT2D eigenvalue weighted by Gasteiger charge is -2.33. The second-order valence-electron chi connectivity index (χ2n) is 3.45. The van der Waals surface area contributed by atoms with Crippen molar-refractivity contribution in [3.05, 3.63) is 0 Å². The van der Waals surface area contributed by atoms with Gasteiger partial charge < -0.3 is 5.11 Å². The molecule has 1 aliphatic heterocycles. The van der Waals surface area contributed by atoms with E-state index in [0.717, 1.165) is 6.42 Å². The highest BCUT2D eigenvalue weighted by Crippen LogP contribution is 2.33. The van der Waals surface area contributed by atoms with Gasteiger partial charge in [0.25, 0.3) is 0 Å². The number of hydrogen-bond donors (Lipinski definition) is 1. The van der Waals surface area contributed by atoms with Crippen LogP contribution in [0.15, 0.2) is 0 Å². The Labute approximate surface area is 60.9 Å². The second-order valence-corrected chi connectivity index (χ2v) is 3.45. The minimum atomic E-state index is -0.830. The topological polar surface area (TPSA) is 38.7 Å². The first-order valence-corrected chi connectivity index (χ1v) is 3.49. The van der Waals surface area contributed by atoms with Crippen molar-refractivity contribution in [3.63, 3.8) is 0 Å². The molecule has 1 unspecified atom stereocenters. The maximum atomic E-state index is 9.57. The SMILES string of the molecule is CC(C)(O)C1(C)CCOO1. The molecule has 3 nitrogen and oxygen atoms in total. The van der Waals surface area contributed by atoms with Crippen LogP contribution in [0, 0.1) is 0 Å². The maximum Gasteiger partial charge on any atom is 0.131 e. The smallest absolute Gasteiger partial charge is 0.131 e. The highest BCUT2D eigenvalue weighted by molar-refractivity contribution is 4.92. The minimum absolute atomic E-state index is 0.535. The van der Waals surface area contributed by atoms with Crippen molar-refractivity contribution in [2.45, 2.75) is 38.4 Å². The Morgan fingerprint density at radius 3 is 2.30 bits per heavy atom. The third kappa shape index (κ3) is 1.17. The summed E-state index contributed by atoms with van der Waals surface area (Å²) in [4.78, 5) is 9.68. The highest BCUT2D eigenvalue weighted by Gasteiger charge is 2.45. The molecule has 1 aliphatic rings.